The SMILES string of the molecule is CCOC(=O)CC(=C(CC)CC)P(=O)(O)OC. The van der Waals surface area contributed by atoms with Gasteiger partial charge in [-0.2, -0.15) is 0 Å². The fraction of sp³-hybridized carbons (Fsp3) is 0.727. The second kappa shape index (κ2) is 7.64. The van der Waals surface area contributed by atoms with Crippen LogP contribution in [0, 0.1) is 0 Å². The van der Waals surface area contributed by atoms with E-state index in [2.05, 4.69) is 4.52 Å². The van der Waals surface area contributed by atoms with Crippen LogP contribution in [0.5, 0.6) is 0 Å². The summed E-state index contributed by atoms with van der Waals surface area (Å²) in [5.41, 5.74) is 0.769. The molecule has 0 aromatic carbocycles. The summed E-state index contributed by atoms with van der Waals surface area (Å²) < 4.78 is 21.2. The molecule has 1 unspecified atom stereocenters. The van der Waals surface area contributed by atoms with Crippen LogP contribution in [0.1, 0.15) is 40.0 Å². The lowest BCUT2D eigenvalue weighted by Gasteiger charge is -2.16. The molecule has 0 spiro atoms. The Hall–Kier alpha value is -0.640. The van der Waals surface area contributed by atoms with Crippen LogP contribution < -0.4 is 0 Å². The van der Waals surface area contributed by atoms with Crippen LogP contribution in [0.15, 0.2) is 10.9 Å². The molecule has 0 aromatic heterocycles. The zero-order valence-electron chi connectivity index (χ0n) is 10.9. The van der Waals surface area contributed by atoms with E-state index < -0.39 is 13.6 Å². The van der Waals surface area contributed by atoms with Gasteiger partial charge in [0.25, 0.3) is 0 Å². The molecule has 17 heavy (non-hydrogen) atoms. The van der Waals surface area contributed by atoms with E-state index in [-0.39, 0.29) is 18.3 Å². The molecule has 0 aliphatic rings. The monoisotopic (exact) mass is 264 g/mol. The lowest BCUT2D eigenvalue weighted by Crippen LogP contribution is -2.07. The van der Waals surface area contributed by atoms with Crippen molar-refractivity contribution in [1.29, 1.82) is 0 Å². The smallest absolute Gasteiger partial charge is 0.355 e. The lowest BCUT2D eigenvalue weighted by molar-refractivity contribution is -0.142. The molecule has 1 N–H and O–H groups in total. The zero-order valence-corrected chi connectivity index (χ0v) is 11.8. The second-order valence-corrected chi connectivity index (χ2v) is 5.39. The van der Waals surface area contributed by atoms with Gasteiger partial charge in [0, 0.05) is 7.11 Å². The third kappa shape index (κ3) is 5.02. The Morgan fingerprint density at radius 2 is 1.76 bits per heavy atom. The third-order valence-electron chi connectivity index (χ3n) is 2.47. The Morgan fingerprint density at radius 3 is 2.12 bits per heavy atom. The van der Waals surface area contributed by atoms with Crippen LogP contribution in [0.2, 0.25) is 0 Å². The second-order valence-electron chi connectivity index (χ2n) is 3.44. The van der Waals surface area contributed by atoms with Gasteiger partial charge < -0.3 is 14.2 Å². The van der Waals surface area contributed by atoms with Crippen LogP contribution in [-0.4, -0.2) is 24.6 Å². The van der Waals surface area contributed by atoms with E-state index in [0.717, 1.165) is 12.7 Å². The average molecular weight is 264 g/mol. The van der Waals surface area contributed by atoms with E-state index >= 15 is 0 Å². The number of hydrogen-bond donors (Lipinski definition) is 1. The quantitative estimate of drug-likeness (QED) is 0.565. The van der Waals surface area contributed by atoms with Gasteiger partial charge in [-0.3, -0.25) is 9.36 Å². The minimum Gasteiger partial charge on any atom is -0.466 e. The molecule has 0 saturated heterocycles. The Labute approximate surface area is 102 Å². The van der Waals surface area contributed by atoms with Crippen molar-refractivity contribution in [3.63, 3.8) is 0 Å². The maximum absolute atomic E-state index is 11.8. The average Bonchev–Trinajstić information content (AvgIpc) is 2.29. The fourth-order valence-electron chi connectivity index (χ4n) is 1.54. The van der Waals surface area contributed by atoms with Crippen LogP contribution in [0.4, 0.5) is 0 Å². The first-order valence-electron chi connectivity index (χ1n) is 5.68. The summed E-state index contributed by atoms with van der Waals surface area (Å²) in [6, 6.07) is 0. The van der Waals surface area contributed by atoms with Crippen molar-refractivity contribution in [2.24, 2.45) is 0 Å². The summed E-state index contributed by atoms with van der Waals surface area (Å²) in [6.45, 7) is 5.69. The molecule has 0 heterocycles. The van der Waals surface area contributed by atoms with E-state index in [9.17, 15) is 14.3 Å². The topological polar surface area (TPSA) is 72.8 Å². The highest BCUT2D eigenvalue weighted by molar-refractivity contribution is 7.57. The lowest BCUT2D eigenvalue weighted by atomic mass is 10.1. The van der Waals surface area contributed by atoms with Gasteiger partial charge in [-0.1, -0.05) is 19.4 Å². The molecule has 0 saturated carbocycles. The first-order valence-corrected chi connectivity index (χ1v) is 7.26. The van der Waals surface area contributed by atoms with Crippen LogP contribution in [0.3, 0.4) is 0 Å². The summed E-state index contributed by atoms with van der Waals surface area (Å²) in [5, 5.41) is 0.170. The van der Waals surface area contributed by atoms with Crippen LogP contribution in [0.25, 0.3) is 0 Å². The Bertz CT molecular complexity index is 329. The number of allylic oxidation sites excluding steroid dienone is 1. The van der Waals surface area contributed by atoms with E-state index in [1.165, 1.54) is 0 Å². The Morgan fingerprint density at radius 1 is 1.24 bits per heavy atom. The van der Waals surface area contributed by atoms with Gasteiger partial charge in [-0.25, -0.2) is 0 Å². The highest BCUT2D eigenvalue weighted by Crippen LogP contribution is 2.53. The van der Waals surface area contributed by atoms with Crippen molar-refractivity contribution in [2.45, 2.75) is 40.0 Å². The molecule has 0 aliphatic heterocycles. The van der Waals surface area contributed by atoms with E-state index in [1.807, 2.05) is 13.8 Å². The molecule has 100 valence electrons. The van der Waals surface area contributed by atoms with Gasteiger partial charge >= 0.3 is 13.6 Å². The molecule has 0 fully saturated rings. The molecule has 6 heteroatoms. The maximum Gasteiger partial charge on any atom is 0.355 e. The number of carbonyl (C=O) groups is 1. The van der Waals surface area contributed by atoms with Crippen molar-refractivity contribution >= 4 is 13.6 Å². The normalized spacial score (nSPS) is 13.9. The van der Waals surface area contributed by atoms with E-state index in [4.69, 9.17) is 4.74 Å². The molecule has 0 rings (SSSR count). The first kappa shape index (κ1) is 16.4. The number of carbonyl (C=O) groups excluding carboxylic acids is 1. The molecular weight excluding hydrogens is 243 g/mol. The predicted octanol–water partition coefficient (Wildman–Crippen LogP) is 2.85. The largest absolute Gasteiger partial charge is 0.466 e. The molecule has 0 bridgehead atoms. The first-order chi connectivity index (χ1) is 7.92. The van der Waals surface area contributed by atoms with Gasteiger partial charge in [-0.05, 0) is 19.8 Å². The molecule has 0 aliphatic carbocycles. The van der Waals surface area contributed by atoms with Crippen molar-refractivity contribution < 1.29 is 23.5 Å². The van der Waals surface area contributed by atoms with Crippen molar-refractivity contribution in [1.82, 2.24) is 0 Å². The number of hydrogen-bond acceptors (Lipinski definition) is 4. The molecule has 5 nitrogen and oxygen atoms in total. The number of ether oxygens (including phenoxy) is 1. The fourth-order valence-corrected chi connectivity index (χ4v) is 2.81. The highest BCUT2D eigenvalue weighted by Gasteiger charge is 2.29. The summed E-state index contributed by atoms with van der Waals surface area (Å²) in [4.78, 5) is 21.1. The molecule has 0 radical (unpaired) electrons. The molecule has 0 amide bonds. The summed E-state index contributed by atoms with van der Waals surface area (Å²) in [6.07, 6.45) is 1.03. The predicted molar refractivity (Wildman–Crippen MR) is 65.7 cm³/mol. The van der Waals surface area contributed by atoms with Crippen molar-refractivity contribution in [3.05, 3.63) is 10.9 Å². The maximum atomic E-state index is 11.8. The van der Waals surface area contributed by atoms with Gasteiger partial charge in [0.15, 0.2) is 0 Å². The van der Waals surface area contributed by atoms with Crippen molar-refractivity contribution in [3.8, 4) is 0 Å². The van der Waals surface area contributed by atoms with Gasteiger partial charge in [0.1, 0.15) is 0 Å². The Kier molecular flexibility index (Phi) is 7.35. The molecular formula is C11H21O5P. The van der Waals surface area contributed by atoms with Crippen molar-refractivity contribution in [2.75, 3.05) is 13.7 Å². The number of rotatable bonds is 7. The zero-order chi connectivity index (χ0) is 13.5. The van der Waals surface area contributed by atoms with Gasteiger partial charge in [0.05, 0.1) is 18.3 Å². The Balaban J connectivity index is 5.20. The van der Waals surface area contributed by atoms with E-state index in [1.54, 1.807) is 6.92 Å². The van der Waals surface area contributed by atoms with E-state index in [0.29, 0.717) is 12.8 Å². The van der Waals surface area contributed by atoms with Gasteiger partial charge in [0.2, 0.25) is 0 Å². The third-order valence-corrected chi connectivity index (χ3v) is 4.12. The summed E-state index contributed by atoms with van der Waals surface area (Å²) in [5.74, 6) is -0.506. The highest BCUT2D eigenvalue weighted by atomic mass is 31.2. The molecule has 0 aromatic rings. The minimum atomic E-state index is -3.87. The summed E-state index contributed by atoms with van der Waals surface area (Å²) in [7, 11) is -2.71. The van der Waals surface area contributed by atoms with Crippen LogP contribution >= 0.6 is 7.60 Å². The summed E-state index contributed by atoms with van der Waals surface area (Å²) >= 11 is 0. The number of esters is 1. The van der Waals surface area contributed by atoms with Gasteiger partial charge in [-0.15, -0.1) is 0 Å². The minimum absolute atomic E-state index is 0.170. The standard InChI is InChI=1S/C11H21O5P/c1-5-9(6-2)10(17(13,14)15-4)8-11(12)16-7-3/h5-8H2,1-4H3,(H,13,14). The van der Waals surface area contributed by atoms with Crippen LogP contribution in [-0.2, 0) is 18.6 Å². The molecule has 1 atom stereocenters.